The fourth-order valence-corrected chi connectivity index (χ4v) is 4.25. The molecule has 3 N–H and O–H groups in total. The maximum absolute atomic E-state index is 12.7. The zero-order chi connectivity index (χ0) is 24.2. The molecule has 1 atom stereocenters. The van der Waals surface area contributed by atoms with Crippen LogP contribution >= 0.6 is 0 Å². The van der Waals surface area contributed by atoms with E-state index in [4.69, 9.17) is 9.84 Å². The molecule has 0 saturated heterocycles. The molecule has 0 saturated carbocycles. The second-order valence-corrected chi connectivity index (χ2v) is 8.19. The van der Waals surface area contributed by atoms with E-state index in [1.54, 1.807) is 14.0 Å². The number of amides is 2. The standard InChI is InChI=1S/C25H26N4O5/c1-3-15(12-22(30)31)26-24(32)23-21(13-29(2)28-23)27-25(33)34-14-20-18-10-6-4-8-16(18)17-9-5-7-11-19(17)20/h4-11,13,15,20H,3,12,14H2,1-2H3,(H,26,32)(H,27,33)(H,30,31)/t15-/m1/s1. The first-order valence-corrected chi connectivity index (χ1v) is 11.1. The minimum absolute atomic E-state index is 0.0140. The molecule has 0 fully saturated rings. The maximum Gasteiger partial charge on any atom is 0.411 e. The van der Waals surface area contributed by atoms with Crippen LogP contribution in [0, 0.1) is 0 Å². The normalized spacial score (nSPS) is 13.0. The van der Waals surface area contributed by atoms with Gasteiger partial charge in [0.1, 0.15) is 6.61 Å². The molecular formula is C25H26N4O5. The summed E-state index contributed by atoms with van der Waals surface area (Å²) >= 11 is 0. The number of benzene rings is 2. The number of carbonyl (C=O) groups is 3. The zero-order valence-corrected chi connectivity index (χ0v) is 18.9. The Kier molecular flexibility index (Phi) is 6.62. The predicted octanol–water partition coefficient (Wildman–Crippen LogP) is 3.76. The summed E-state index contributed by atoms with van der Waals surface area (Å²) in [6, 6.07) is 15.5. The second-order valence-electron chi connectivity index (χ2n) is 8.19. The molecule has 1 aliphatic carbocycles. The Bertz CT molecular complexity index is 1190. The number of hydrogen-bond donors (Lipinski definition) is 3. The molecule has 2 aromatic carbocycles. The van der Waals surface area contributed by atoms with E-state index in [2.05, 4.69) is 27.9 Å². The molecule has 176 valence electrons. The molecule has 1 aromatic heterocycles. The number of hydrogen-bond acceptors (Lipinski definition) is 5. The Morgan fingerprint density at radius 1 is 1.09 bits per heavy atom. The van der Waals surface area contributed by atoms with Gasteiger partial charge >= 0.3 is 12.1 Å². The topological polar surface area (TPSA) is 123 Å². The second kappa shape index (κ2) is 9.78. The van der Waals surface area contributed by atoms with Crippen molar-refractivity contribution in [1.29, 1.82) is 0 Å². The number of ether oxygens (including phenoxy) is 1. The fraction of sp³-hybridized carbons (Fsp3) is 0.280. The van der Waals surface area contributed by atoms with E-state index in [0.29, 0.717) is 6.42 Å². The molecular weight excluding hydrogens is 436 g/mol. The Hall–Kier alpha value is -4.14. The minimum atomic E-state index is -1.01. The number of rotatable bonds is 8. The first-order chi connectivity index (χ1) is 16.4. The van der Waals surface area contributed by atoms with Gasteiger partial charge in [-0.3, -0.25) is 19.6 Å². The van der Waals surface area contributed by atoms with Crippen molar-refractivity contribution in [2.45, 2.75) is 31.7 Å². The largest absolute Gasteiger partial charge is 0.481 e. The van der Waals surface area contributed by atoms with Crippen LogP contribution < -0.4 is 10.6 Å². The lowest BCUT2D eigenvalue weighted by molar-refractivity contribution is -0.137. The van der Waals surface area contributed by atoms with Crippen LogP contribution in [0.4, 0.5) is 10.5 Å². The number of fused-ring (bicyclic) bond motifs is 3. The van der Waals surface area contributed by atoms with Gasteiger partial charge in [-0.15, -0.1) is 0 Å². The summed E-state index contributed by atoms with van der Waals surface area (Å²) in [6.45, 7) is 1.92. The van der Waals surface area contributed by atoms with Crippen LogP contribution in [0.3, 0.4) is 0 Å². The Morgan fingerprint density at radius 2 is 1.71 bits per heavy atom. The number of nitrogens with one attached hydrogen (secondary N) is 2. The van der Waals surface area contributed by atoms with E-state index < -0.39 is 24.0 Å². The summed E-state index contributed by atoms with van der Waals surface area (Å²) in [5, 5.41) is 18.4. The predicted molar refractivity (Wildman–Crippen MR) is 126 cm³/mol. The molecule has 1 aliphatic rings. The fourth-order valence-electron chi connectivity index (χ4n) is 4.25. The highest BCUT2D eigenvalue weighted by Crippen LogP contribution is 2.44. The van der Waals surface area contributed by atoms with Gasteiger partial charge in [-0.05, 0) is 28.7 Å². The van der Waals surface area contributed by atoms with Crippen LogP contribution in [0.1, 0.15) is 47.3 Å². The van der Waals surface area contributed by atoms with Gasteiger partial charge in [0.2, 0.25) is 0 Å². The van der Waals surface area contributed by atoms with Crippen molar-refractivity contribution in [2.24, 2.45) is 7.05 Å². The van der Waals surface area contributed by atoms with Gasteiger partial charge < -0.3 is 15.2 Å². The van der Waals surface area contributed by atoms with Crippen molar-refractivity contribution in [3.63, 3.8) is 0 Å². The molecule has 0 bridgehead atoms. The summed E-state index contributed by atoms with van der Waals surface area (Å²) in [5.74, 6) is -1.66. The molecule has 4 rings (SSSR count). The van der Waals surface area contributed by atoms with Crippen LogP contribution in [-0.2, 0) is 16.6 Å². The van der Waals surface area contributed by atoms with Crippen molar-refractivity contribution in [2.75, 3.05) is 11.9 Å². The number of carbonyl (C=O) groups excluding carboxylic acids is 2. The van der Waals surface area contributed by atoms with Gasteiger partial charge in [0.05, 0.1) is 12.1 Å². The average Bonchev–Trinajstić information content (AvgIpc) is 3.34. The summed E-state index contributed by atoms with van der Waals surface area (Å²) < 4.78 is 6.94. The number of nitrogens with zero attached hydrogens (tertiary/aromatic N) is 2. The third kappa shape index (κ3) is 4.78. The van der Waals surface area contributed by atoms with Gasteiger partial charge in [0, 0.05) is 25.2 Å². The van der Waals surface area contributed by atoms with Crippen molar-refractivity contribution < 1.29 is 24.2 Å². The average molecular weight is 463 g/mol. The van der Waals surface area contributed by atoms with E-state index in [-0.39, 0.29) is 30.3 Å². The minimum Gasteiger partial charge on any atom is -0.481 e. The molecule has 0 radical (unpaired) electrons. The first-order valence-electron chi connectivity index (χ1n) is 11.1. The highest BCUT2D eigenvalue weighted by molar-refractivity contribution is 6.01. The molecule has 9 heteroatoms. The third-order valence-electron chi connectivity index (χ3n) is 5.87. The van der Waals surface area contributed by atoms with Gasteiger partial charge in [0.15, 0.2) is 5.69 Å². The smallest absolute Gasteiger partial charge is 0.411 e. The third-order valence-corrected chi connectivity index (χ3v) is 5.87. The number of aromatic nitrogens is 2. The first kappa shape index (κ1) is 23.0. The lowest BCUT2D eigenvalue weighted by atomic mass is 9.98. The SMILES string of the molecule is CC[C@H](CC(=O)O)NC(=O)c1nn(C)cc1NC(=O)OCC1c2ccccc2-c2ccccc21. The number of aliphatic carboxylic acids is 1. The summed E-state index contributed by atoms with van der Waals surface area (Å²) in [4.78, 5) is 36.3. The van der Waals surface area contributed by atoms with Crippen molar-refractivity contribution in [3.8, 4) is 11.1 Å². The zero-order valence-electron chi connectivity index (χ0n) is 18.9. The van der Waals surface area contributed by atoms with Gasteiger partial charge in [-0.2, -0.15) is 5.10 Å². The lowest BCUT2D eigenvalue weighted by Crippen LogP contribution is -2.36. The van der Waals surface area contributed by atoms with E-state index in [0.717, 1.165) is 22.3 Å². The van der Waals surface area contributed by atoms with Crippen LogP contribution in [0.2, 0.25) is 0 Å². The monoisotopic (exact) mass is 462 g/mol. The van der Waals surface area contributed by atoms with Crippen LogP contribution in [0.15, 0.2) is 54.7 Å². The van der Waals surface area contributed by atoms with Crippen molar-refractivity contribution in [3.05, 3.63) is 71.5 Å². The van der Waals surface area contributed by atoms with E-state index in [1.165, 1.54) is 10.9 Å². The maximum atomic E-state index is 12.7. The van der Waals surface area contributed by atoms with Gasteiger partial charge in [0.25, 0.3) is 5.91 Å². The Morgan fingerprint density at radius 3 is 2.29 bits per heavy atom. The van der Waals surface area contributed by atoms with Crippen LogP contribution in [-0.4, -0.2) is 45.5 Å². The molecule has 34 heavy (non-hydrogen) atoms. The van der Waals surface area contributed by atoms with E-state index in [9.17, 15) is 14.4 Å². The number of carboxylic acids is 1. The lowest BCUT2D eigenvalue weighted by Gasteiger charge is -2.15. The Balaban J connectivity index is 1.44. The number of aryl methyl sites for hydroxylation is 1. The molecule has 1 heterocycles. The highest BCUT2D eigenvalue weighted by atomic mass is 16.5. The van der Waals surface area contributed by atoms with Crippen LogP contribution in [0.25, 0.3) is 11.1 Å². The highest BCUT2D eigenvalue weighted by Gasteiger charge is 2.29. The molecule has 0 spiro atoms. The summed E-state index contributed by atoms with van der Waals surface area (Å²) in [7, 11) is 1.62. The molecule has 9 nitrogen and oxygen atoms in total. The number of anilines is 1. The van der Waals surface area contributed by atoms with E-state index >= 15 is 0 Å². The van der Waals surface area contributed by atoms with Crippen LogP contribution in [0.5, 0.6) is 0 Å². The van der Waals surface area contributed by atoms with Crippen molar-refractivity contribution in [1.82, 2.24) is 15.1 Å². The molecule has 2 amide bonds. The summed E-state index contributed by atoms with van der Waals surface area (Å²) in [5.41, 5.74) is 4.63. The van der Waals surface area contributed by atoms with Crippen molar-refractivity contribution >= 4 is 23.7 Å². The van der Waals surface area contributed by atoms with E-state index in [1.807, 2.05) is 36.4 Å². The summed E-state index contributed by atoms with van der Waals surface area (Å²) in [6.07, 6.45) is 1.03. The number of carboxylic acid groups (broad SMARTS) is 1. The van der Waals surface area contributed by atoms with Gasteiger partial charge in [-0.1, -0.05) is 55.5 Å². The molecule has 0 aliphatic heterocycles. The molecule has 3 aromatic rings. The van der Waals surface area contributed by atoms with Gasteiger partial charge in [-0.25, -0.2) is 4.79 Å². The molecule has 0 unspecified atom stereocenters. The Labute approximate surface area is 196 Å². The quantitative estimate of drug-likeness (QED) is 0.468.